The third kappa shape index (κ3) is 4.06. The summed E-state index contributed by atoms with van der Waals surface area (Å²) in [6, 6.07) is 27.1. The molecule has 0 amide bonds. The minimum atomic E-state index is -0.0462. The van der Waals surface area contributed by atoms with Gasteiger partial charge in [0.25, 0.3) is 5.56 Å². The van der Waals surface area contributed by atoms with Crippen LogP contribution in [0.15, 0.2) is 89.9 Å². The van der Waals surface area contributed by atoms with Gasteiger partial charge < -0.3 is 14.3 Å². The lowest BCUT2D eigenvalue weighted by Gasteiger charge is -2.11. The van der Waals surface area contributed by atoms with Crippen molar-refractivity contribution in [2.24, 2.45) is 0 Å². The van der Waals surface area contributed by atoms with Crippen molar-refractivity contribution in [3.05, 3.63) is 123 Å². The molecule has 1 aliphatic carbocycles. The van der Waals surface area contributed by atoms with Crippen molar-refractivity contribution in [2.75, 3.05) is 0 Å². The zero-order valence-electron chi connectivity index (χ0n) is 19.9. The minimum absolute atomic E-state index is 0.0462. The third-order valence-corrected chi connectivity index (χ3v) is 7.14. The molecule has 0 bridgehead atoms. The molecule has 5 aromatic rings. The molecule has 0 atom stereocenters. The van der Waals surface area contributed by atoms with Gasteiger partial charge in [-0.3, -0.25) is 4.79 Å². The van der Waals surface area contributed by atoms with Crippen molar-refractivity contribution in [1.29, 1.82) is 0 Å². The molecule has 35 heavy (non-hydrogen) atoms. The summed E-state index contributed by atoms with van der Waals surface area (Å²) in [5, 5.41) is 1.17. The van der Waals surface area contributed by atoms with Gasteiger partial charge in [0, 0.05) is 40.5 Å². The third-order valence-electron chi connectivity index (χ3n) is 7.14. The van der Waals surface area contributed by atoms with Crippen LogP contribution >= 0.6 is 0 Å². The lowest BCUT2D eigenvalue weighted by atomic mass is 10.0. The van der Waals surface area contributed by atoms with Crippen LogP contribution in [0, 0.1) is 6.92 Å². The number of aromatic nitrogens is 2. The highest BCUT2D eigenvalue weighted by Gasteiger charge is 2.21. The molecule has 4 heteroatoms. The van der Waals surface area contributed by atoms with Gasteiger partial charge >= 0.3 is 0 Å². The number of ether oxygens (including phenoxy) is 1. The lowest BCUT2D eigenvalue weighted by Crippen LogP contribution is -2.08. The molecule has 0 spiro atoms. The van der Waals surface area contributed by atoms with E-state index < -0.39 is 0 Å². The molecule has 1 N–H and O–H groups in total. The molecule has 0 saturated carbocycles. The lowest BCUT2D eigenvalue weighted by molar-refractivity contribution is 0.306. The van der Waals surface area contributed by atoms with Gasteiger partial charge in [-0.15, -0.1) is 0 Å². The number of aryl methyl sites for hydroxylation is 2. The predicted molar refractivity (Wildman–Crippen MR) is 141 cm³/mol. The fourth-order valence-electron chi connectivity index (χ4n) is 5.32. The van der Waals surface area contributed by atoms with E-state index in [1.54, 1.807) is 6.20 Å². The molecule has 1 aliphatic rings. The molecule has 4 nitrogen and oxygen atoms in total. The standard InChI is InChI=1S/C31H28N2O2/c1-21-30(27-11-6-16-32-31(27)34)28-17-24-9-5-10-25(24)18-29(28)33(21)19-22-12-14-26(15-13-22)35-20-23-7-3-2-4-8-23/h2-4,6-8,11-18H,5,9-10,19-20H2,1H3,(H,32,34). The van der Waals surface area contributed by atoms with E-state index in [-0.39, 0.29) is 5.56 Å². The number of fused-ring (bicyclic) bond motifs is 2. The first-order valence-electron chi connectivity index (χ1n) is 12.3. The van der Waals surface area contributed by atoms with E-state index in [1.807, 2.05) is 42.5 Å². The maximum atomic E-state index is 12.7. The van der Waals surface area contributed by atoms with Crippen molar-refractivity contribution in [3.8, 4) is 16.9 Å². The quantitative estimate of drug-likeness (QED) is 0.318. The van der Waals surface area contributed by atoms with Crippen LogP contribution < -0.4 is 10.3 Å². The second-order valence-corrected chi connectivity index (χ2v) is 9.37. The number of aromatic amines is 1. The first kappa shape index (κ1) is 21.5. The smallest absolute Gasteiger partial charge is 0.255 e. The fraction of sp³-hybridized carbons (Fsp3) is 0.194. The van der Waals surface area contributed by atoms with Crippen LogP contribution in [0.4, 0.5) is 0 Å². The van der Waals surface area contributed by atoms with Gasteiger partial charge in [0.05, 0.1) is 0 Å². The van der Waals surface area contributed by atoms with Crippen molar-refractivity contribution in [2.45, 2.75) is 39.3 Å². The van der Waals surface area contributed by atoms with Gasteiger partial charge in [-0.05, 0) is 84.8 Å². The molecule has 174 valence electrons. The highest BCUT2D eigenvalue weighted by Crippen LogP contribution is 2.37. The van der Waals surface area contributed by atoms with Crippen LogP contribution in [0.1, 0.15) is 34.4 Å². The first-order valence-corrected chi connectivity index (χ1v) is 12.3. The summed E-state index contributed by atoms with van der Waals surface area (Å²) in [4.78, 5) is 15.6. The molecular formula is C31H28N2O2. The number of pyridine rings is 1. The van der Waals surface area contributed by atoms with E-state index in [9.17, 15) is 4.79 Å². The Kier molecular flexibility index (Phi) is 5.49. The summed E-state index contributed by atoms with van der Waals surface area (Å²) in [5.41, 5.74) is 9.26. The Bertz CT molecular complexity index is 1560. The molecule has 0 radical (unpaired) electrons. The molecule has 3 aromatic carbocycles. The van der Waals surface area contributed by atoms with Gasteiger partial charge in [-0.1, -0.05) is 42.5 Å². The van der Waals surface area contributed by atoms with Gasteiger partial charge in [0.2, 0.25) is 0 Å². The van der Waals surface area contributed by atoms with Gasteiger partial charge in [0.1, 0.15) is 12.4 Å². The molecule has 0 fully saturated rings. The van der Waals surface area contributed by atoms with E-state index in [1.165, 1.54) is 34.0 Å². The Morgan fingerprint density at radius 1 is 0.886 bits per heavy atom. The Balaban J connectivity index is 1.36. The van der Waals surface area contributed by atoms with Crippen LogP contribution in [-0.4, -0.2) is 9.55 Å². The number of benzene rings is 3. The Hall–Kier alpha value is -4.05. The van der Waals surface area contributed by atoms with Crippen molar-refractivity contribution in [3.63, 3.8) is 0 Å². The summed E-state index contributed by atoms with van der Waals surface area (Å²) in [7, 11) is 0. The van der Waals surface area contributed by atoms with Gasteiger partial charge in [-0.25, -0.2) is 0 Å². The number of nitrogens with zero attached hydrogens (tertiary/aromatic N) is 1. The predicted octanol–water partition coefficient (Wildman–Crippen LogP) is 6.42. The molecule has 6 rings (SSSR count). The van der Waals surface area contributed by atoms with E-state index in [0.717, 1.165) is 47.5 Å². The monoisotopic (exact) mass is 460 g/mol. The second kappa shape index (κ2) is 8.95. The topological polar surface area (TPSA) is 47.0 Å². The maximum absolute atomic E-state index is 12.7. The summed E-state index contributed by atoms with van der Waals surface area (Å²) in [5.74, 6) is 0.862. The molecule has 0 saturated heterocycles. The fourth-order valence-corrected chi connectivity index (χ4v) is 5.32. The van der Waals surface area contributed by atoms with Crippen LogP contribution in [-0.2, 0) is 26.0 Å². The number of H-pyrrole nitrogens is 1. The summed E-state index contributed by atoms with van der Waals surface area (Å²) in [6.07, 6.45) is 5.14. The van der Waals surface area contributed by atoms with E-state index >= 15 is 0 Å². The Labute approximate surface area is 204 Å². The number of hydrogen-bond donors (Lipinski definition) is 1. The van der Waals surface area contributed by atoms with Crippen molar-refractivity contribution in [1.82, 2.24) is 9.55 Å². The Morgan fingerprint density at radius 3 is 2.43 bits per heavy atom. The van der Waals surface area contributed by atoms with Crippen LogP contribution in [0.2, 0.25) is 0 Å². The zero-order chi connectivity index (χ0) is 23.8. The average Bonchev–Trinajstić information content (AvgIpc) is 3.45. The number of rotatable bonds is 6. The molecule has 0 unspecified atom stereocenters. The van der Waals surface area contributed by atoms with E-state index in [4.69, 9.17) is 4.74 Å². The molecule has 0 aliphatic heterocycles. The minimum Gasteiger partial charge on any atom is -0.489 e. The highest BCUT2D eigenvalue weighted by atomic mass is 16.5. The number of nitrogens with one attached hydrogen (secondary N) is 1. The summed E-state index contributed by atoms with van der Waals surface area (Å²) < 4.78 is 8.33. The highest BCUT2D eigenvalue weighted by molar-refractivity contribution is 5.99. The van der Waals surface area contributed by atoms with Crippen LogP contribution in [0.25, 0.3) is 22.0 Å². The molecule has 2 aromatic heterocycles. The van der Waals surface area contributed by atoms with Crippen LogP contribution in [0.3, 0.4) is 0 Å². The van der Waals surface area contributed by atoms with Crippen molar-refractivity contribution >= 4 is 10.9 Å². The SMILES string of the molecule is Cc1c(-c2ccc[nH]c2=O)c2cc3c(cc2n1Cc1ccc(OCc2ccccc2)cc1)CCC3. The molecular weight excluding hydrogens is 432 g/mol. The normalized spacial score (nSPS) is 12.7. The summed E-state index contributed by atoms with van der Waals surface area (Å²) in [6.45, 7) is 3.43. The maximum Gasteiger partial charge on any atom is 0.255 e. The zero-order valence-corrected chi connectivity index (χ0v) is 19.9. The second-order valence-electron chi connectivity index (χ2n) is 9.37. The van der Waals surface area contributed by atoms with E-state index in [0.29, 0.717) is 6.61 Å². The van der Waals surface area contributed by atoms with Crippen molar-refractivity contribution < 1.29 is 4.74 Å². The summed E-state index contributed by atoms with van der Waals surface area (Å²) >= 11 is 0. The van der Waals surface area contributed by atoms with Gasteiger partial charge in [-0.2, -0.15) is 0 Å². The first-order chi connectivity index (χ1) is 17.2. The van der Waals surface area contributed by atoms with Gasteiger partial charge in [0.15, 0.2) is 0 Å². The Morgan fingerprint density at radius 2 is 1.66 bits per heavy atom. The largest absolute Gasteiger partial charge is 0.489 e. The number of hydrogen-bond acceptors (Lipinski definition) is 2. The van der Waals surface area contributed by atoms with Crippen LogP contribution in [0.5, 0.6) is 5.75 Å². The molecule has 2 heterocycles. The van der Waals surface area contributed by atoms with E-state index in [2.05, 4.69) is 52.9 Å². The average molecular weight is 461 g/mol.